The third-order valence-electron chi connectivity index (χ3n) is 5.15. The number of carbonyl (C=O) groups excluding carboxylic acids is 1. The van der Waals surface area contributed by atoms with Crippen molar-refractivity contribution in [1.29, 1.82) is 0 Å². The SMILES string of the molecule is CC1CCN(C(=O)NC2CCCN(c3ccccc3F)C2)CC1O. The minimum absolute atomic E-state index is 0.00217. The second-order valence-corrected chi connectivity index (χ2v) is 6.97. The third-order valence-corrected chi connectivity index (χ3v) is 5.15. The Hall–Kier alpha value is -1.82. The molecule has 0 aromatic heterocycles. The van der Waals surface area contributed by atoms with Crippen molar-refractivity contribution < 1.29 is 14.3 Å². The zero-order chi connectivity index (χ0) is 17.1. The van der Waals surface area contributed by atoms with E-state index in [1.165, 1.54) is 6.07 Å². The summed E-state index contributed by atoms with van der Waals surface area (Å²) >= 11 is 0. The summed E-state index contributed by atoms with van der Waals surface area (Å²) in [6, 6.07) is 6.64. The molecule has 0 aliphatic carbocycles. The zero-order valence-electron chi connectivity index (χ0n) is 14.1. The van der Waals surface area contributed by atoms with Crippen LogP contribution in [0.4, 0.5) is 14.9 Å². The highest BCUT2D eigenvalue weighted by Gasteiger charge is 2.29. The Kier molecular flexibility index (Phi) is 5.23. The van der Waals surface area contributed by atoms with Gasteiger partial charge in [0.25, 0.3) is 0 Å². The van der Waals surface area contributed by atoms with Gasteiger partial charge < -0.3 is 20.2 Å². The van der Waals surface area contributed by atoms with Crippen molar-refractivity contribution in [2.75, 3.05) is 31.1 Å². The van der Waals surface area contributed by atoms with Crippen LogP contribution in [-0.4, -0.2) is 54.4 Å². The number of piperidine rings is 2. The number of hydrogen-bond acceptors (Lipinski definition) is 3. The second-order valence-electron chi connectivity index (χ2n) is 6.97. The van der Waals surface area contributed by atoms with Crippen molar-refractivity contribution in [2.45, 2.75) is 38.3 Å². The Morgan fingerprint density at radius 1 is 1.25 bits per heavy atom. The predicted molar refractivity (Wildman–Crippen MR) is 91.5 cm³/mol. The standard InChI is InChI=1S/C18H26FN3O2/c1-13-8-10-22(12-17(13)23)18(24)20-14-5-4-9-21(11-14)16-7-3-2-6-15(16)19/h2-3,6-7,13-14,17,23H,4-5,8-12H2,1H3,(H,20,24). The smallest absolute Gasteiger partial charge is 0.317 e. The number of anilines is 1. The van der Waals surface area contributed by atoms with E-state index in [0.29, 0.717) is 25.3 Å². The number of halogens is 1. The van der Waals surface area contributed by atoms with Crippen LogP contribution in [0.3, 0.4) is 0 Å². The van der Waals surface area contributed by atoms with E-state index in [1.54, 1.807) is 17.0 Å². The number of aliphatic hydroxyl groups is 1. The van der Waals surface area contributed by atoms with Gasteiger partial charge in [0.2, 0.25) is 0 Å². The summed E-state index contributed by atoms with van der Waals surface area (Å²) < 4.78 is 14.0. The zero-order valence-corrected chi connectivity index (χ0v) is 14.1. The van der Waals surface area contributed by atoms with Gasteiger partial charge in [0.15, 0.2) is 0 Å². The Bertz CT molecular complexity index is 583. The van der Waals surface area contributed by atoms with E-state index in [4.69, 9.17) is 0 Å². The molecule has 2 heterocycles. The molecule has 2 N–H and O–H groups in total. The Morgan fingerprint density at radius 3 is 2.79 bits per heavy atom. The van der Waals surface area contributed by atoms with Gasteiger partial charge in [-0.25, -0.2) is 9.18 Å². The Balaban J connectivity index is 1.57. The molecule has 5 nitrogen and oxygen atoms in total. The van der Waals surface area contributed by atoms with Crippen LogP contribution in [-0.2, 0) is 0 Å². The molecule has 2 aliphatic heterocycles. The molecule has 3 atom stereocenters. The average Bonchev–Trinajstić information content (AvgIpc) is 2.58. The number of carbonyl (C=O) groups is 1. The van der Waals surface area contributed by atoms with E-state index >= 15 is 0 Å². The molecule has 2 saturated heterocycles. The van der Waals surface area contributed by atoms with Gasteiger partial charge in [-0.15, -0.1) is 0 Å². The van der Waals surface area contributed by atoms with E-state index in [-0.39, 0.29) is 23.8 Å². The summed E-state index contributed by atoms with van der Waals surface area (Å²) in [4.78, 5) is 16.1. The van der Waals surface area contributed by atoms with Crippen molar-refractivity contribution in [3.05, 3.63) is 30.1 Å². The molecule has 132 valence electrons. The van der Waals surface area contributed by atoms with Crippen molar-refractivity contribution in [2.24, 2.45) is 5.92 Å². The summed E-state index contributed by atoms with van der Waals surface area (Å²) in [5.41, 5.74) is 0.596. The lowest BCUT2D eigenvalue weighted by Crippen LogP contribution is -2.55. The summed E-state index contributed by atoms with van der Waals surface area (Å²) in [5, 5.41) is 13.0. The number of para-hydroxylation sites is 1. The number of hydrogen-bond donors (Lipinski definition) is 2. The number of likely N-dealkylation sites (tertiary alicyclic amines) is 1. The minimum atomic E-state index is -0.453. The summed E-state index contributed by atoms with van der Waals surface area (Å²) in [6.45, 7) is 4.48. The van der Waals surface area contributed by atoms with Crippen LogP contribution in [0.15, 0.2) is 24.3 Å². The van der Waals surface area contributed by atoms with E-state index < -0.39 is 6.10 Å². The number of aliphatic hydroxyl groups excluding tert-OH is 1. The van der Waals surface area contributed by atoms with Crippen LogP contribution < -0.4 is 10.2 Å². The number of benzene rings is 1. The minimum Gasteiger partial charge on any atom is -0.391 e. The van der Waals surface area contributed by atoms with Gasteiger partial charge in [-0.05, 0) is 37.3 Å². The first kappa shape index (κ1) is 17.0. The highest BCUT2D eigenvalue weighted by molar-refractivity contribution is 5.74. The fourth-order valence-corrected chi connectivity index (χ4v) is 3.52. The number of urea groups is 1. The first-order chi connectivity index (χ1) is 11.5. The molecule has 3 rings (SSSR count). The Labute approximate surface area is 142 Å². The maximum absolute atomic E-state index is 14.0. The van der Waals surface area contributed by atoms with E-state index in [2.05, 4.69) is 5.32 Å². The molecule has 24 heavy (non-hydrogen) atoms. The molecular weight excluding hydrogens is 309 g/mol. The van der Waals surface area contributed by atoms with E-state index in [9.17, 15) is 14.3 Å². The largest absolute Gasteiger partial charge is 0.391 e. The molecule has 0 radical (unpaired) electrons. The topological polar surface area (TPSA) is 55.8 Å². The number of amides is 2. The molecule has 2 aliphatic rings. The predicted octanol–water partition coefficient (Wildman–Crippen LogP) is 2.21. The van der Waals surface area contributed by atoms with Gasteiger partial charge >= 0.3 is 6.03 Å². The summed E-state index contributed by atoms with van der Waals surface area (Å²) in [7, 11) is 0. The summed E-state index contributed by atoms with van der Waals surface area (Å²) in [6.07, 6.45) is 2.18. The van der Waals surface area contributed by atoms with Crippen molar-refractivity contribution >= 4 is 11.7 Å². The highest BCUT2D eigenvalue weighted by Crippen LogP contribution is 2.23. The molecule has 1 aromatic carbocycles. The van der Waals surface area contributed by atoms with Gasteiger partial charge in [-0.3, -0.25) is 0 Å². The van der Waals surface area contributed by atoms with Crippen LogP contribution in [0.25, 0.3) is 0 Å². The second kappa shape index (κ2) is 7.38. The number of rotatable bonds is 2. The molecule has 2 fully saturated rings. The number of nitrogens with one attached hydrogen (secondary N) is 1. The third kappa shape index (κ3) is 3.80. The fraction of sp³-hybridized carbons (Fsp3) is 0.611. The van der Waals surface area contributed by atoms with Gasteiger partial charge in [0, 0.05) is 32.2 Å². The molecule has 2 amide bonds. The maximum Gasteiger partial charge on any atom is 0.317 e. The average molecular weight is 335 g/mol. The number of β-amino-alcohol motifs (C(OH)–C–C–N with tert-alkyl or cyclic N) is 1. The molecule has 6 heteroatoms. The monoisotopic (exact) mass is 335 g/mol. The first-order valence-electron chi connectivity index (χ1n) is 8.77. The lowest BCUT2D eigenvalue weighted by atomic mass is 9.96. The van der Waals surface area contributed by atoms with Crippen LogP contribution in [0, 0.1) is 11.7 Å². The number of nitrogens with zero attached hydrogens (tertiary/aromatic N) is 2. The summed E-state index contributed by atoms with van der Waals surface area (Å²) in [5.74, 6) is 0.0119. The van der Waals surface area contributed by atoms with Gasteiger partial charge in [0.05, 0.1) is 11.8 Å². The van der Waals surface area contributed by atoms with Crippen molar-refractivity contribution in [3.63, 3.8) is 0 Å². The molecular formula is C18H26FN3O2. The van der Waals surface area contributed by atoms with Crippen LogP contribution in [0.2, 0.25) is 0 Å². The van der Waals surface area contributed by atoms with Crippen molar-refractivity contribution in [3.8, 4) is 0 Å². The first-order valence-corrected chi connectivity index (χ1v) is 8.77. The van der Waals surface area contributed by atoms with Crippen LogP contribution >= 0.6 is 0 Å². The van der Waals surface area contributed by atoms with Gasteiger partial charge in [0.1, 0.15) is 5.82 Å². The highest BCUT2D eigenvalue weighted by atomic mass is 19.1. The van der Waals surface area contributed by atoms with E-state index in [1.807, 2.05) is 17.9 Å². The molecule has 0 saturated carbocycles. The molecule has 3 unspecified atom stereocenters. The normalized spacial score (nSPS) is 27.9. The van der Waals surface area contributed by atoms with Crippen LogP contribution in [0.5, 0.6) is 0 Å². The van der Waals surface area contributed by atoms with E-state index in [0.717, 1.165) is 25.8 Å². The van der Waals surface area contributed by atoms with Crippen LogP contribution in [0.1, 0.15) is 26.2 Å². The molecule has 0 bridgehead atoms. The van der Waals surface area contributed by atoms with Gasteiger partial charge in [-0.2, -0.15) is 0 Å². The maximum atomic E-state index is 14.0. The lowest BCUT2D eigenvalue weighted by Gasteiger charge is -2.38. The quantitative estimate of drug-likeness (QED) is 0.871. The van der Waals surface area contributed by atoms with Gasteiger partial charge in [-0.1, -0.05) is 19.1 Å². The lowest BCUT2D eigenvalue weighted by molar-refractivity contribution is 0.0429. The molecule has 1 aromatic rings. The Morgan fingerprint density at radius 2 is 2.04 bits per heavy atom. The fourth-order valence-electron chi connectivity index (χ4n) is 3.52. The van der Waals surface area contributed by atoms with Crippen molar-refractivity contribution in [1.82, 2.24) is 10.2 Å². The molecule has 0 spiro atoms.